The maximum absolute atomic E-state index is 11.6. The van der Waals surface area contributed by atoms with E-state index >= 15 is 0 Å². The second kappa shape index (κ2) is 4.63. The Hall–Kier alpha value is -1.40. The fourth-order valence-electron chi connectivity index (χ4n) is 1.78. The summed E-state index contributed by atoms with van der Waals surface area (Å²) >= 11 is 0. The number of aromatic nitrogens is 2. The molecule has 88 valence electrons. The van der Waals surface area contributed by atoms with Gasteiger partial charge in [0.1, 0.15) is 0 Å². The van der Waals surface area contributed by atoms with Gasteiger partial charge in [-0.05, 0) is 0 Å². The van der Waals surface area contributed by atoms with E-state index < -0.39 is 0 Å². The number of hydrogen-bond donors (Lipinski definition) is 1. The number of nitrogens with two attached hydrogens (primary N) is 1. The molecule has 0 bridgehead atoms. The predicted octanol–water partition coefficient (Wildman–Crippen LogP) is -0.406. The van der Waals surface area contributed by atoms with Crippen LogP contribution in [-0.4, -0.2) is 42.0 Å². The predicted molar refractivity (Wildman–Crippen MR) is 59.0 cm³/mol. The van der Waals surface area contributed by atoms with Crippen molar-refractivity contribution in [3.8, 4) is 0 Å². The van der Waals surface area contributed by atoms with E-state index in [0.717, 1.165) is 5.69 Å². The van der Waals surface area contributed by atoms with Crippen LogP contribution in [0.15, 0.2) is 12.4 Å². The van der Waals surface area contributed by atoms with Gasteiger partial charge >= 0.3 is 0 Å². The first-order valence-corrected chi connectivity index (χ1v) is 5.28. The van der Waals surface area contributed by atoms with Crippen LogP contribution < -0.4 is 10.6 Å². The van der Waals surface area contributed by atoms with Crippen LogP contribution in [0.3, 0.4) is 0 Å². The zero-order valence-corrected chi connectivity index (χ0v) is 9.30. The van der Waals surface area contributed by atoms with Gasteiger partial charge in [0, 0.05) is 32.3 Å². The zero-order valence-electron chi connectivity index (χ0n) is 9.30. The van der Waals surface area contributed by atoms with Crippen LogP contribution in [0.5, 0.6) is 0 Å². The Bertz CT molecular complexity index is 377. The maximum Gasteiger partial charge on any atom is 0.228 e. The highest BCUT2D eigenvalue weighted by molar-refractivity contribution is 5.95. The van der Waals surface area contributed by atoms with Crippen LogP contribution in [0.25, 0.3) is 0 Å². The summed E-state index contributed by atoms with van der Waals surface area (Å²) in [5.41, 5.74) is 6.54. The lowest BCUT2D eigenvalue weighted by molar-refractivity contribution is -0.117. The molecule has 0 aromatic carbocycles. The summed E-state index contributed by atoms with van der Waals surface area (Å²) < 4.78 is 6.72. The number of carbonyl (C=O) groups excluding carboxylic acids is 1. The molecule has 2 heterocycles. The molecule has 1 saturated heterocycles. The van der Waals surface area contributed by atoms with Crippen LogP contribution in [0.4, 0.5) is 5.69 Å². The Morgan fingerprint density at radius 3 is 3.12 bits per heavy atom. The third-order valence-corrected chi connectivity index (χ3v) is 2.61. The minimum absolute atomic E-state index is 0.0603. The summed E-state index contributed by atoms with van der Waals surface area (Å²) in [5, 5.41) is 4.16. The molecule has 1 amide bonds. The topological polar surface area (TPSA) is 73.4 Å². The summed E-state index contributed by atoms with van der Waals surface area (Å²) in [4.78, 5) is 13.3. The zero-order chi connectivity index (χ0) is 11.5. The molecule has 16 heavy (non-hydrogen) atoms. The van der Waals surface area contributed by atoms with Crippen molar-refractivity contribution < 1.29 is 9.53 Å². The lowest BCUT2D eigenvalue weighted by Gasteiger charge is -2.12. The number of amides is 1. The van der Waals surface area contributed by atoms with E-state index in [9.17, 15) is 4.79 Å². The number of nitrogens with zero attached hydrogens (tertiary/aromatic N) is 3. The Morgan fingerprint density at radius 2 is 2.50 bits per heavy atom. The van der Waals surface area contributed by atoms with Crippen molar-refractivity contribution in [2.75, 3.05) is 25.2 Å². The van der Waals surface area contributed by atoms with Crippen LogP contribution in [0, 0.1) is 0 Å². The third-order valence-electron chi connectivity index (χ3n) is 2.61. The molecule has 1 aliphatic rings. The van der Waals surface area contributed by atoms with Gasteiger partial charge < -0.3 is 15.4 Å². The summed E-state index contributed by atoms with van der Waals surface area (Å²) in [7, 11) is 1.65. The highest BCUT2D eigenvalue weighted by Crippen LogP contribution is 2.19. The van der Waals surface area contributed by atoms with Gasteiger partial charge in [0.15, 0.2) is 0 Å². The smallest absolute Gasteiger partial charge is 0.228 e. The Morgan fingerprint density at radius 1 is 1.69 bits per heavy atom. The summed E-state index contributed by atoms with van der Waals surface area (Å²) in [6, 6.07) is -0.0603. The number of rotatable bonds is 4. The van der Waals surface area contributed by atoms with Gasteiger partial charge in [0.25, 0.3) is 0 Å². The van der Waals surface area contributed by atoms with Crippen molar-refractivity contribution in [3.05, 3.63) is 12.4 Å². The molecule has 0 saturated carbocycles. The van der Waals surface area contributed by atoms with Gasteiger partial charge in [-0.3, -0.25) is 9.48 Å². The molecule has 1 aromatic heterocycles. The Kier molecular flexibility index (Phi) is 3.21. The Balaban J connectivity index is 2.04. The average molecular weight is 224 g/mol. The van der Waals surface area contributed by atoms with Crippen molar-refractivity contribution in [2.45, 2.75) is 19.0 Å². The fourth-order valence-corrected chi connectivity index (χ4v) is 1.78. The molecular formula is C10H16N4O2. The van der Waals surface area contributed by atoms with E-state index in [-0.39, 0.29) is 11.9 Å². The average Bonchev–Trinajstić information content (AvgIpc) is 2.82. The number of ether oxygens (including phenoxy) is 1. The van der Waals surface area contributed by atoms with Crippen LogP contribution >= 0.6 is 0 Å². The van der Waals surface area contributed by atoms with E-state index in [1.165, 1.54) is 0 Å². The van der Waals surface area contributed by atoms with Crippen molar-refractivity contribution in [1.29, 1.82) is 0 Å². The molecule has 1 aliphatic heterocycles. The molecule has 2 rings (SSSR count). The molecule has 1 fully saturated rings. The van der Waals surface area contributed by atoms with E-state index in [2.05, 4.69) is 5.10 Å². The molecule has 0 radical (unpaired) electrons. The van der Waals surface area contributed by atoms with Gasteiger partial charge in [-0.25, -0.2) is 0 Å². The van der Waals surface area contributed by atoms with Gasteiger partial charge in [-0.2, -0.15) is 5.10 Å². The molecule has 0 spiro atoms. The van der Waals surface area contributed by atoms with E-state index in [0.29, 0.717) is 26.1 Å². The molecular weight excluding hydrogens is 208 g/mol. The van der Waals surface area contributed by atoms with Crippen molar-refractivity contribution >= 4 is 11.6 Å². The van der Waals surface area contributed by atoms with Gasteiger partial charge in [-0.1, -0.05) is 0 Å². The highest BCUT2D eigenvalue weighted by Gasteiger charge is 2.28. The van der Waals surface area contributed by atoms with E-state index in [1.807, 2.05) is 6.20 Å². The van der Waals surface area contributed by atoms with Crippen LogP contribution in [0.2, 0.25) is 0 Å². The summed E-state index contributed by atoms with van der Waals surface area (Å²) in [6.45, 7) is 1.87. The van der Waals surface area contributed by atoms with Crippen LogP contribution in [0.1, 0.15) is 6.42 Å². The molecule has 1 aromatic rings. The SMILES string of the molecule is COCCn1cc(N2CC(N)CC2=O)cn1. The highest BCUT2D eigenvalue weighted by atomic mass is 16.5. The van der Waals surface area contributed by atoms with Crippen molar-refractivity contribution in [2.24, 2.45) is 5.73 Å². The fraction of sp³-hybridized carbons (Fsp3) is 0.600. The molecule has 1 unspecified atom stereocenters. The van der Waals surface area contributed by atoms with Gasteiger partial charge in [0.2, 0.25) is 5.91 Å². The summed E-state index contributed by atoms with van der Waals surface area (Å²) in [6.07, 6.45) is 3.95. The van der Waals surface area contributed by atoms with Crippen molar-refractivity contribution in [3.63, 3.8) is 0 Å². The maximum atomic E-state index is 11.6. The molecule has 6 heteroatoms. The van der Waals surface area contributed by atoms with Crippen LogP contribution in [-0.2, 0) is 16.1 Å². The number of carbonyl (C=O) groups is 1. The lowest BCUT2D eigenvalue weighted by Crippen LogP contribution is -2.27. The van der Waals surface area contributed by atoms with E-state index in [4.69, 9.17) is 10.5 Å². The Labute approximate surface area is 94.0 Å². The standard InChI is InChI=1S/C10H16N4O2/c1-16-3-2-13-7-9(5-12-13)14-6-8(11)4-10(14)15/h5,7-8H,2-4,6,11H2,1H3. The molecule has 6 nitrogen and oxygen atoms in total. The first-order chi connectivity index (χ1) is 7.70. The lowest BCUT2D eigenvalue weighted by atomic mass is 10.3. The molecule has 2 N–H and O–H groups in total. The number of hydrogen-bond acceptors (Lipinski definition) is 4. The number of methoxy groups -OCH3 is 1. The third kappa shape index (κ3) is 2.23. The minimum Gasteiger partial charge on any atom is -0.383 e. The van der Waals surface area contributed by atoms with Gasteiger partial charge in [0.05, 0.1) is 25.0 Å². The first-order valence-electron chi connectivity index (χ1n) is 5.28. The number of anilines is 1. The summed E-state index contributed by atoms with van der Waals surface area (Å²) in [5.74, 6) is 0.0683. The first kappa shape index (κ1) is 11.1. The normalized spacial score (nSPS) is 20.8. The largest absolute Gasteiger partial charge is 0.383 e. The van der Waals surface area contributed by atoms with Gasteiger partial charge in [-0.15, -0.1) is 0 Å². The quantitative estimate of drug-likeness (QED) is 0.754. The minimum atomic E-state index is -0.0603. The molecule has 0 aliphatic carbocycles. The molecule has 1 atom stereocenters. The second-order valence-electron chi connectivity index (χ2n) is 3.92. The monoisotopic (exact) mass is 224 g/mol. The van der Waals surface area contributed by atoms with E-state index in [1.54, 1.807) is 22.9 Å². The second-order valence-corrected chi connectivity index (χ2v) is 3.92. The van der Waals surface area contributed by atoms with Crippen molar-refractivity contribution in [1.82, 2.24) is 9.78 Å².